The number of hydrogen-bond donors (Lipinski definition) is 2. The number of hydrogen-bond acceptors (Lipinski definition) is 4. The Morgan fingerprint density at radius 3 is 2.00 bits per heavy atom. The molecular weight excluding hydrogens is 366 g/mol. The van der Waals surface area contributed by atoms with E-state index in [1.807, 2.05) is 42.8 Å². The summed E-state index contributed by atoms with van der Waals surface area (Å²) < 4.78 is 39.4. The molecular formula is C19H26N3O4S+. The predicted molar refractivity (Wildman–Crippen MR) is 107 cm³/mol. The topological polar surface area (TPSA) is 79.7 Å². The number of anilines is 1. The molecule has 0 amide bonds. The first-order valence-corrected chi connectivity index (χ1v) is 9.93. The fraction of sp³-hybridized carbons (Fsp3) is 0.316. The molecule has 0 unspecified atom stereocenters. The third kappa shape index (κ3) is 5.97. The third-order valence-corrected chi connectivity index (χ3v) is 5.57. The maximum Gasteiger partial charge on any atom is 0.246 e. The highest BCUT2D eigenvalue weighted by Gasteiger charge is 2.14. The van der Waals surface area contributed by atoms with Gasteiger partial charge in [-0.15, -0.1) is 0 Å². The summed E-state index contributed by atoms with van der Waals surface area (Å²) in [4.78, 5) is 0.211. The lowest BCUT2D eigenvalue weighted by Gasteiger charge is -2.09. The van der Waals surface area contributed by atoms with Crippen LogP contribution in [0.3, 0.4) is 0 Å². The molecule has 0 saturated carbocycles. The number of rotatable bonds is 8. The van der Waals surface area contributed by atoms with Crippen LogP contribution in [0.2, 0.25) is 0 Å². The van der Waals surface area contributed by atoms with E-state index in [0.29, 0.717) is 12.3 Å². The molecule has 2 rings (SSSR count). The zero-order valence-electron chi connectivity index (χ0n) is 16.0. The molecule has 2 aromatic carbocycles. The lowest BCUT2D eigenvalue weighted by atomic mass is 10.3. The van der Waals surface area contributed by atoms with Crippen LogP contribution in [0.1, 0.15) is 6.92 Å². The van der Waals surface area contributed by atoms with E-state index >= 15 is 0 Å². The second-order valence-electron chi connectivity index (χ2n) is 5.93. The highest BCUT2D eigenvalue weighted by Crippen LogP contribution is 2.16. The van der Waals surface area contributed by atoms with Crippen molar-refractivity contribution in [1.82, 2.24) is 4.72 Å². The average molecular weight is 393 g/mol. The molecule has 0 aliphatic rings. The lowest BCUT2D eigenvalue weighted by molar-refractivity contribution is -0.495. The molecule has 2 aromatic rings. The van der Waals surface area contributed by atoms with Gasteiger partial charge in [0.1, 0.15) is 17.2 Å². The van der Waals surface area contributed by atoms with Crippen LogP contribution in [0.25, 0.3) is 0 Å². The molecule has 146 valence electrons. The molecule has 0 aromatic heterocycles. The molecule has 0 aliphatic heterocycles. The van der Waals surface area contributed by atoms with Crippen molar-refractivity contribution in [2.75, 3.05) is 39.7 Å². The fourth-order valence-corrected chi connectivity index (χ4v) is 3.35. The Labute approximate surface area is 160 Å². The maximum absolute atomic E-state index is 12.3. The van der Waals surface area contributed by atoms with Gasteiger partial charge in [0, 0.05) is 13.5 Å². The van der Waals surface area contributed by atoms with Crippen LogP contribution >= 0.6 is 0 Å². The highest BCUT2D eigenvalue weighted by molar-refractivity contribution is 7.89. The summed E-state index contributed by atoms with van der Waals surface area (Å²) in [6.07, 6.45) is 0. The summed E-state index contributed by atoms with van der Waals surface area (Å²) in [5.41, 5.74) is 0.930. The second kappa shape index (κ2) is 9.38. The molecule has 0 aliphatic carbocycles. The molecule has 0 heterocycles. The standard InChI is InChI=1S/C19H25N3O4S/c1-15(21-16-5-7-17(25-3)8-6-16)22(2)14-13-20-27(23,24)19-11-9-18(26-4)10-12-19/h5-12,20H,13-14H2,1-4H3/p+1. The number of amidine groups is 1. The quantitative estimate of drug-likeness (QED) is 0.409. The zero-order chi connectivity index (χ0) is 19.9. The Hall–Kier alpha value is -2.58. The SMILES string of the molecule is COc1ccc(NC(C)=[N+](C)CCNS(=O)(=O)c2ccc(OC)cc2)cc1. The van der Waals surface area contributed by atoms with Crippen LogP contribution in [0.5, 0.6) is 11.5 Å². The number of nitrogens with one attached hydrogen (secondary N) is 2. The van der Waals surface area contributed by atoms with Crippen LogP contribution in [0.4, 0.5) is 5.69 Å². The molecule has 7 nitrogen and oxygen atoms in total. The maximum atomic E-state index is 12.3. The highest BCUT2D eigenvalue weighted by atomic mass is 32.2. The van der Waals surface area contributed by atoms with Crippen molar-refractivity contribution in [2.45, 2.75) is 11.8 Å². The molecule has 0 saturated heterocycles. The van der Waals surface area contributed by atoms with Gasteiger partial charge in [-0.2, -0.15) is 0 Å². The Balaban J connectivity index is 1.92. The molecule has 2 N–H and O–H groups in total. The van der Waals surface area contributed by atoms with Gasteiger partial charge >= 0.3 is 0 Å². The van der Waals surface area contributed by atoms with Gasteiger partial charge in [0.2, 0.25) is 15.9 Å². The van der Waals surface area contributed by atoms with Crippen molar-refractivity contribution in [1.29, 1.82) is 0 Å². The third-order valence-electron chi connectivity index (χ3n) is 4.10. The Kier molecular flexibility index (Phi) is 7.20. The molecule has 0 bridgehead atoms. The normalized spacial score (nSPS) is 12.3. The zero-order valence-corrected chi connectivity index (χ0v) is 16.8. The Morgan fingerprint density at radius 2 is 1.48 bits per heavy atom. The Morgan fingerprint density at radius 1 is 0.963 bits per heavy atom. The van der Waals surface area contributed by atoms with Crippen molar-refractivity contribution in [3.8, 4) is 11.5 Å². The molecule has 0 radical (unpaired) electrons. The second-order valence-corrected chi connectivity index (χ2v) is 7.70. The Bertz CT molecular complexity index is 876. The van der Waals surface area contributed by atoms with Gasteiger partial charge in [-0.3, -0.25) is 4.58 Å². The van der Waals surface area contributed by atoms with Crippen LogP contribution in [0, 0.1) is 0 Å². The van der Waals surface area contributed by atoms with E-state index in [1.54, 1.807) is 19.2 Å². The lowest BCUT2D eigenvalue weighted by Crippen LogP contribution is -2.32. The van der Waals surface area contributed by atoms with Gasteiger partial charge in [0.05, 0.1) is 32.7 Å². The summed E-state index contributed by atoms with van der Waals surface area (Å²) in [5.74, 6) is 2.31. The van der Waals surface area contributed by atoms with Crippen molar-refractivity contribution in [3.05, 3.63) is 48.5 Å². The predicted octanol–water partition coefficient (Wildman–Crippen LogP) is 2.15. The van der Waals surface area contributed by atoms with E-state index in [2.05, 4.69) is 10.0 Å². The number of ether oxygens (including phenoxy) is 2. The largest absolute Gasteiger partial charge is 0.497 e. The fourth-order valence-electron chi connectivity index (χ4n) is 2.33. The minimum atomic E-state index is -3.55. The van der Waals surface area contributed by atoms with E-state index in [-0.39, 0.29) is 11.4 Å². The summed E-state index contributed by atoms with van der Waals surface area (Å²) in [6.45, 7) is 2.74. The minimum absolute atomic E-state index is 0.211. The number of benzene rings is 2. The van der Waals surface area contributed by atoms with E-state index in [9.17, 15) is 8.42 Å². The van der Waals surface area contributed by atoms with Gasteiger partial charge in [0.15, 0.2) is 0 Å². The number of likely N-dealkylation sites (N-methyl/N-ethyl adjacent to an activating group) is 1. The number of nitrogens with zero attached hydrogens (tertiary/aromatic N) is 1. The monoisotopic (exact) mass is 392 g/mol. The van der Waals surface area contributed by atoms with Crippen LogP contribution in [-0.4, -0.2) is 53.2 Å². The number of sulfonamides is 1. The van der Waals surface area contributed by atoms with Crippen LogP contribution in [-0.2, 0) is 10.0 Å². The average Bonchev–Trinajstić information content (AvgIpc) is 2.68. The van der Waals surface area contributed by atoms with Crippen molar-refractivity contribution >= 4 is 21.5 Å². The van der Waals surface area contributed by atoms with Gasteiger partial charge in [0.25, 0.3) is 0 Å². The first kappa shape index (κ1) is 20.7. The van der Waals surface area contributed by atoms with E-state index in [4.69, 9.17) is 9.47 Å². The van der Waals surface area contributed by atoms with E-state index in [0.717, 1.165) is 17.3 Å². The van der Waals surface area contributed by atoms with Gasteiger partial charge in [-0.1, -0.05) is 0 Å². The molecule has 0 fully saturated rings. The summed E-state index contributed by atoms with van der Waals surface area (Å²) in [5, 5.41) is 3.28. The molecule has 0 atom stereocenters. The van der Waals surface area contributed by atoms with Gasteiger partial charge in [-0.05, 0) is 48.5 Å². The van der Waals surface area contributed by atoms with Crippen LogP contribution < -0.4 is 19.5 Å². The summed E-state index contributed by atoms with van der Waals surface area (Å²) in [6, 6.07) is 13.9. The molecule has 8 heteroatoms. The minimum Gasteiger partial charge on any atom is -0.497 e. The summed E-state index contributed by atoms with van der Waals surface area (Å²) in [7, 11) is 1.51. The van der Waals surface area contributed by atoms with Crippen LogP contribution in [0.15, 0.2) is 53.4 Å². The summed E-state index contributed by atoms with van der Waals surface area (Å²) >= 11 is 0. The first-order valence-electron chi connectivity index (χ1n) is 8.45. The van der Waals surface area contributed by atoms with E-state index < -0.39 is 10.0 Å². The van der Waals surface area contributed by atoms with Gasteiger partial charge in [-0.25, -0.2) is 18.5 Å². The number of methoxy groups -OCH3 is 2. The smallest absolute Gasteiger partial charge is 0.246 e. The van der Waals surface area contributed by atoms with Gasteiger partial charge < -0.3 is 9.47 Å². The van der Waals surface area contributed by atoms with Crippen molar-refractivity contribution < 1.29 is 22.5 Å². The first-order chi connectivity index (χ1) is 12.9. The molecule has 27 heavy (non-hydrogen) atoms. The van der Waals surface area contributed by atoms with E-state index in [1.165, 1.54) is 19.2 Å². The molecule has 0 spiro atoms. The van der Waals surface area contributed by atoms with Crippen molar-refractivity contribution in [3.63, 3.8) is 0 Å². The van der Waals surface area contributed by atoms with Crippen molar-refractivity contribution in [2.24, 2.45) is 0 Å².